The van der Waals surface area contributed by atoms with Gasteiger partial charge in [-0.3, -0.25) is 4.79 Å². The van der Waals surface area contributed by atoms with Crippen LogP contribution in [0.25, 0.3) is 0 Å². The molecule has 1 aliphatic rings. The summed E-state index contributed by atoms with van der Waals surface area (Å²) in [7, 11) is 0. The molecule has 1 saturated carbocycles. The summed E-state index contributed by atoms with van der Waals surface area (Å²) in [6.45, 7) is 5.52. The van der Waals surface area contributed by atoms with E-state index in [9.17, 15) is 9.90 Å². The highest BCUT2D eigenvalue weighted by Gasteiger charge is 2.34. The predicted molar refractivity (Wildman–Crippen MR) is 68.7 cm³/mol. The number of carboxylic acid groups (broad SMARTS) is 1. The molecule has 0 atom stereocenters. The molecule has 0 radical (unpaired) electrons. The van der Waals surface area contributed by atoms with Crippen LogP contribution in [0.3, 0.4) is 0 Å². The number of carbonyl (C=O) groups is 1. The van der Waals surface area contributed by atoms with Gasteiger partial charge in [0.15, 0.2) is 0 Å². The molecule has 1 aromatic heterocycles. The highest BCUT2D eigenvalue weighted by molar-refractivity contribution is 7.12. The summed E-state index contributed by atoms with van der Waals surface area (Å²) in [5.74, 6) is -0.242. The van der Waals surface area contributed by atoms with Gasteiger partial charge in [-0.1, -0.05) is 12.8 Å². The average molecular weight is 253 g/mol. The maximum atomic E-state index is 11.2. The zero-order chi connectivity index (χ0) is 12.6. The zero-order valence-electron chi connectivity index (χ0n) is 10.6. The van der Waals surface area contributed by atoms with Crippen molar-refractivity contribution in [2.45, 2.75) is 57.8 Å². The van der Waals surface area contributed by atoms with E-state index >= 15 is 0 Å². The van der Waals surface area contributed by atoms with E-state index < -0.39 is 11.4 Å². The third-order valence-electron chi connectivity index (χ3n) is 3.64. The highest BCUT2D eigenvalue weighted by atomic mass is 32.1. The summed E-state index contributed by atoms with van der Waals surface area (Å²) >= 11 is 1.54. The molecule has 1 N–H and O–H groups in total. The van der Waals surface area contributed by atoms with Crippen molar-refractivity contribution in [2.24, 2.45) is 0 Å². The number of thiazole rings is 1. The third kappa shape index (κ3) is 2.23. The van der Waals surface area contributed by atoms with Crippen LogP contribution in [-0.4, -0.2) is 16.1 Å². The Hall–Kier alpha value is -0.900. The van der Waals surface area contributed by atoms with Crippen molar-refractivity contribution in [1.29, 1.82) is 0 Å². The van der Waals surface area contributed by atoms with Gasteiger partial charge in [0, 0.05) is 10.8 Å². The van der Waals surface area contributed by atoms with Crippen LogP contribution >= 0.6 is 11.3 Å². The Morgan fingerprint density at radius 3 is 2.53 bits per heavy atom. The van der Waals surface area contributed by atoms with Crippen LogP contribution in [0.4, 0.5) is 0 Å². The lowest BCUT2D eigenvalue weighted by molar-refractivity contribution is -0.142. The van der Waals surface area contributed by atoms with E-state index in [0.29, 0.717) is 5.92 Å². The largest absolute Gasteiger partial charge is 0.481 e. The van der Waals surface area contributed by atoms with E-state index in [-0.39, 0.29) is 0 Å². The Kier molecular flexibility index (Phi) is 3.25. The first-order valence-corrected chi connectivity index (χ1v) is 6.95. The van der Waals surface area contributed by atoms with Gasteiger partial charge in [-0.25, -0.2) is 4.98 Å². The maximum absolute atomic E-state index is 11.2. The van der Waals surface area contributed by atoms with Crippen molar-refractivity contribution in [3.05, 3.63) is 15.6 Å². The SMILES string of the molecule is Cc1sc(C(C)(C)C(=O)O)nc1C1CCCC1. The number of aryl methyl sites for hydroxylation is 1. The van der Waals surface area contributed by atoms with Gasteiger partial charge >= 0.3 is 5.97 Å². The lowest BCUT2D eigenvalue weighted by Crippen LogP contribution is -2.28. The first-order chi connectivity index (χ1) is 7.93. The number of carboxylic acids is 1. The molecular weight excluding hydrogens is 234 g/mol. The van der Waals surface area contributed by atoms with Gasteiger partial charge in [-0.05, 0) is 33.6 Å². The molecule has 3 nitrogen and oxygen atoms in total. The standard InChI is InChI=1S/C13H19NO2S/c1-8-10(9-6-4-5-7-9)14-11(17-8)13(2,3)12(15)16/h9H,4-7H2,1-3H3,(H,15,16). The molecule has 0 aromatic carbocycles. The maximum Gasteiger partial charge on any atom is 0.316 e. The fourth-order valence-corrected chi connectivity index (χ4v) is 3.44. The number of aromatic nitrogens is 1. The molecule has 0 saturated heterocycles. The summed E-state index contributed by atoms with van der Waals surface area (Å²) in [6.07, 6.45) is 4.97. The molecule has 0 unspecified atom stereocenters. The number of rotatable bonds is 3. The fraction of sp³-hybridized carbons (Fsp3) is 0.692. The minimum Gasteiger partial charge on any atom is -0.481 e. The monoisotopic (exact) mass is 253 g/mol. The Labute approximate surface area is 106 Å². The van der Waals surface area contributed by atoms with Crippen molar-refractivity contribution in [3.63, 3.8) is 0 Å². The first-order valence-electron chi connectivity index (χ1n) is 6.14. The Balaban J connectivity index is 2.33. The molecular formula is C13H19NO2S. The van der Waals surface area contributed by atoms with Crippen LogP contribution in [-0.2, 0) is 10.2 Å². The first kappa shape index (κ1) is 12.6. The summed E-state index contributed by atoms with van der Waals surface area (Å²) < 4.78 is 0. The molecule has 0 aliphatic heterocycles. The quantitative estimate of drug-likeness (QED) is 0.897. The molecule has 1 fully saturated rings. The van der Waals surface area contributed by atoms with E-state index in [1.54, 1.807) is 25.2 Å². The predicted octanol–water partition coefficient (Wildman–Crippen LogP) is 3.47. The number of nitrogens with zero attached hydrogens (tertiary/aromatic N) is 1. The van der Waals surface area contributed by atoms with Crippen molar-refractivity contribution >= 4 is 17.3 Å². The highest BCUT2D eigenvalue weighted by Crippen LogP contribution is 2.39. The van der Waals surface area contributed by atoms with Crippen molar-refractivity contribution in [1.82, 2.24) is 4.98 Å². The van der Waals surface area contributed by atoms with E-state index in [4.69, 9.17) is 0 Å². The van der Waals surface area contributed by atoms with Crippen LogP contribution in [0.15, 0.2) is 0 Å². The van der Waals surface area contributed by atoms with Gasteiger partial charge < -0.3 is 5.11 Å². The summed E-state index contributed by atoms with van der Waals surface area (Å²) in [5, 5.41) is 9.97. The van der Waals surface area contributed by atoms with E-state index in [0.717, 1.165) is 10.7 Å². The van der Waals surface area contributed by atoms with E-state index in [1.165, 1.54) is 30.6 Å². The van der Waals surface area contributed by atoms with Gasteiger partial charge in [0.1, 0.15) is 10.4 Å². The molecule has 1 aliphatic carbocycles. The molecule has 4 heteroatoms. The minimum atomic E-state index is -0.869. The summed E-state index contributed by atoms with van der Waals surface area (Å²) in [6, 6.07) is 0. The molecule has 94 valence electrons. The lowest BCUT2D eigenvalue weighted by Gasteiger charge is -2.15. The Morgan fingerprint density at radius 2 is 2.00 bits per heavy atom. The topological polar surface area (TPSA) is 50.2 Å². The van der Waals surface area contributed by atoms with Crippen LogP contribution in [0, 0.1) is 6.92 Å². The van der Waals surface area contributed by atoms with Gasteiger partial charge in [0.05, 0.1) is 5.69 Å². The zero-order valence-corrected chi connectivity index (χ0v) is 11.4. The Bertz CT molecular complexity index is 431. The minimum absolute atomic E-state index is 0.560. The second-order valence-electron chi connectivity index (χ2n) is 5.37. The van der Waals surface area contributed by atoms with Crippen molar-refractivity contribution < 1.29 is 9.90 Å². The molecule has 0 amide bonds. The summed E-state index contributed by atoms with van der Waals surface area (Å²) in [5.41, 5.74) is 0.281. The van der Waals surface area contributed by atoms with E-state index in [2.05, 4.69) is 11.9 Å². The van der Waals surface area contributed by atoms with Crippen LogP contribution in [0.5, 0.6) is 0 Å². The molecule has 0 bridgehead atoms. The van der Waals surface area contributed by atoms with Crippen molar-refractivity contribution in [2.75, 3.05) is 0 Å². The van der Waals surface area contributed by atoms with Gasteiger partial charge in [-0.15, -0.1) is 11.3 Å². The molecule has 1 aromatic rings. The van der Waals surface area contributed by atoms with E-state index in [1.807, 2.05) is 0 Å². The van der Waals surface area contributed by atoms with Gasteiger partial charge in [0.25, 0.3) is 0 Å². The number of hydrogen-bond donors (Lipinski definition) is 1. The third-order valence-corrected chi connectivity index (χ3v) is 4.95. The Morgan fingerprint density at radius 1 is 1.41 bits per heavy atom. The normalized spacial score (nSPS) is 17.6. The average Bonchev–Trinajstić information content (AvgIpc) is 2.85. The molecule has 2 rings (SSSR count). The number of hydrogen-bond acceptors (Lipinski definition) is 3. The molecule has 1 heterocycles. The van der Waals surface area contributed by atoms with Crippen LogP contribution in [0.1, 0.15) is 61.0 Å². The molecule has 17 heavy (non-hydrogen) atoms. The molecule has 0 spiro atoms. The smallest absolute Gasteiger partial charge is 0.316 e. The number of aliphatic carboxylic acids is 1. The summed E-state index contributed by atoms with van der Waals surface area (Å²) in [4.78, 5) is 17.0. The van der Waals surface area contributed by atoms with Crippen LogP contribution in [0.2, 0.25) is 0 Å². The second-order valence-corrected chi connectivity index (χ2v) is 6.58. The lowest BCUT2D eigenvalue weighted by atomic mass is 9.94. The fourth-order valence-electron chi connectivity index (χ4n) is 2.35. The van der Waals surface area contributed by atoms with Gasteiger partial charge in [0.2, 0.25) is 0 Å². The van der Waals surface area contributed by atoms with Crippen molar-refractivity contribution in [3.8, 4) is 0 Å². The second kappa shape index (κ2) is 4.41. The van der Waals surface area contributed by atoms with Gasteiger partial charge in [-0.2, -0.15) is 0 Å². The van der Waals surface area contributed by atoms with Crippen LogP contribution < -0.4 is 0 Å².